The molecule has 3 aromatic rings. The summed E-state index contributed by atoms with van der Waals surface area (Å²) in [6, 6.07) is 3.68. The number of aromatic nitrogens is 3. The summed E-state index contributed by atoms with van der Waals surface area (Å²) in [7, 11) is -4.94. The van der Waals surface area contributed by atoms with Crippen molar-refractivity contribution in [3.8, 4) is 5.75 Å². The molecule has 224 valence electrons. The molecule has 0 bridgehead atoms. The minimum atomic E-state index is -4.10. The first-order valence-corrected chi connectivity index (χ1v) is 15.7. The van der Waals surface area contributed by atoms with Gasteiger partial charge < -0.3 is 23.8 Å². The molecule has 0 fully saturated rings. The number of sulfonamides is 2. The van der Waals surface area contributed by atoms with E-state index in [9.17, 15) is 26.7 Å². The highest BCUT2D eigenvalue weighted by atomic mass is 32.2. The number of aliphatic hydroxyl groups is 1. The van der Waals surface area contributed by atoms with Crippen molar-refractivity contribution in [1.82, 2.24) is 23.9 Å². The Labute approximate surface area is 239 Å². The maximum atomic E-state index is 13.7. The largest absolute Gasteiger partial charge is 0.488 e. The van der Waals surface area contributed by atoms with Crippen molar-refractivity contribution < 1.29 is 36.0 Å². The van der Waals surface area contributed by atoms with E-state index >= 15 is 0 Å². The lowest BCUT2D eigenvalue weighted by Crippen LogP contribution is -2.50. The van der Waals surface area contributed by atoms with Crippen LogP contribution in [-0.4, -0.2) is 90.7 Å². The maximum Gasteiger partial charge on any atom is 0.267 e. The van der Waals surface area contributed by atoms with E-state index in [2.05, 4.69) is 14.9 Å². The summed E-state index contributed by atoms with van der Waals surface area (Å²) in [6.45, 7) is 6.27. The van der Waals surface area contributed by atoms with Gasteiger partial charge in [-0.1, -0.05) is 12.1 Å². The van der Waals surface area contributed by atoms with Crippen LogP contribution in [0.25, 0.3) is 0 Å². The minimum Gasteiger partial charge on any atom is -0.488 e. The van der Waals surface area contributed by atoms with Crippen molar-refractivity contribution in [3.05, 3.63) is 47.7 Å². The van der Waals surface area contributed by atoms with Crippen LogP contribution in [0.2, 0.25) is 0 Å². The van der Waals surface area contributed by atoms with Gasteiger partial charge in [-0.05, 0) is 39.0 Å². The van der Waals surface area contributed by atoms with Gasteiger partial charge >= 0.3 is 0 Å². The Bertz CT molecular complexity index is 1630. The Morgan fingerprint density at radius 1 is 1.24 bits per heavy atom. The van der Waals surface area contributed by atoms with Crippen molar-refractivity contribution in [3.63, 3.8) is 0 Å². The molecule has 0 spiro atoms. The zero-order valence-electron chi connectivity index (χ0n) is 23.6. The van der Waals surface area contributed by atoms with Gasteiger partial charge in [0.15, 0.2) is 15.7 Å². The molecule has 1 aromatic carbocycles. The quantitative estimate of drug-likeness (QED) is 0.360. The van der Waals surface area contributed by atoms with Crippen LogP contribution in [-0.2, 0) is 27.1 Å². The molecule has 0 unspecified atom stereocenters. The molecule has 41 heavy (non-hydrogen) atoms. The van der Waals surface area contributed by atoms with Crippen molar-refractivity contribution in [2.75, 3.05) is 31.5 Å². The Morgan fingerprint density at radius 3 is 2.54 bits per heavy atom. The highest BCUT2D eigenvalue weighted by Gasteiger charge is 2.36. The number of anilines is 1. The lowest BCUT2D eigenvalue weighted by molar-refractivity contribution is 0.0387. The predicted octanol–water partition coefficient (Wildman–Crippen LogP) is 1.37. The summed E-state index contributed by atoms with van der Waals surface area (Å²) in [6.07, 6.45) is 2.09. The van der Waals surface area contributed by atoms with Gasteiger partial charge in [-0.25, -0.2) is 21.8 Å². The Hall–Kier alpha value is -3.47. The van der Waals surface area contributed by atoms with E-state index in [0.717, 1.165) is 4.31 Å². The second-order valence-corrected chi connectivity index (χ2v) is 13.9. The summed E-state index contributed by atoms with van der Waals surface area (Å²) >= 11 is 0. The van der Waals surface area contributed by atoms with Crippen LogP contribution >= 0.6 is 0 Å². The first kappa shape index (κ1) is 30.5. The average Bonchev–Trinajstić information content (AvgIpc) is 3.50. The molecule has 2 aromatic heterocycles. The molecule has 1 amide bonds. The van der Waals surface area contributed by atoms with Crippen LogP contribution in [0.15, 0.2) is 45.2 Å². The van der Waals surface area contributed by atoms with Crippen LogP contribution < -0.4 is 9.46 Å². The Morgan fingerprint density at radius 2 is 1.95 bits per heavy atom. The van der Waals surface area contributed by atoms with Crippen molar-refractivity contribution in [2.24, 2.45) is 13.0 Å². The van der Waals surface area contributed by atoms with E-state index in [1.165, 1.54) is 61.1 Å². The van der Waals surface area contributed by atoms with E-state index in [1.54, 1.807) is 14.0 Å². The number of carbonyl (C=O) groups is 1. The number of hydrogen-bond donors (Lipinski definition) is 2. The van der Waals surface area contributed by atoms with E-state index in [0.29, 0.717) is 0 Å². The van der Waals surface area contributed by atoms with Gasteiger partial charge in [-0.3, -0.25) is 9.52 Å². The van der Waals surface area contributed by atoms with Gasteiger partial charge in [0.1, 0.15) is 17.5 Å². The fourth-order valence-electron chi connectivity index (χ4n) is 4.60. The molecule has 3 atom stereocenters. The van der Waals surface area contributed by atoms with Crippen LogP contribution in [0.4, 0.5) is 5.69 Å². The number of hydrogen-bond acceptors (Lipinski definition) is 10. The van der Waals surface area contributed by atoms with Crippen molar-refractivity contribution >= 4 is 31.6 Å². The molecule has 0 aliphatic carbocycles. The summed E-state index contributed by atoms with van der Waals surface area (Å²) < 4.78 is 68.8. The number of nitrogens with one attached hydrogen (secondary N) is 1. The molecule has 0 saturated carbocycles. The highest BCUT2D eigenvalue weighted by molar-refractivity contribution is 7.92. The molecule has 14 nitrogen and oxygen atoms in total. The lowest BCUT2D eigenvalue weighted by Gasteiger charge is -2.38. The Balaban J connectivity index is 1.70. The normalized spacial score (nSPS) is 18.9. The number of aliphatic hydroxyl groups excluding tert-OH is 1. The zero-order valence-corrected chi connectivity index (χ0v) is 25.2. The summed E-state index contributed by atoms with van der Waals surface area (Å²) in [4.78, 5) is 19.0. The van der Waals surface area contributed by atoms with Gasteiger partial charge in [0, 0.05) is 38.4 Å². The number of benzene rings is 1. The SMILES string of the molecule is Cc1noc(C)c1S(=O)(=O)Nc1ccc2c(c1)C(=O)N([C@@H](C)CO)C[C@@H](C)[C@@H](CN(C)S(=O)(=O)c1cn(C)cn1)O2. The first-order valence-electron chi connectivity index (χ1n) is 12.8. The lowest BCUT2D eigenvalue weighted by atomic mass is 9.99. The van der Waals surface area contributed by atoms with Gasteiger partial charge in [0.2, 0.25) is 0 Å². The molecule has 16 heteroatoms. The fourth-order valence-corrected chi connectivity index (χ4v) is 7.13. The van der Waals surface area contributed by atoms with Gasteiger partial charge in [0.25, 0.3) is 26.0 Å². The Kier molecular flexibility index (Phi) is 8.50. The van der Waals surface area contributed by atoms with E-state index in [1.807, 2.05) is 6.92 Å². The average molecular weight is 611 g/mol. The molecule has 0 radical (unpaired) electrons. The summed E-state index contributed by atoms with van der Waals surface area (Å²) in [5.74, 6) is -0.560. The topological polar surface area (TPSA) is 177 Å². The van der Waals surface area contributed by atoms with Crippen LogP contribution in [0.5, 0.6) is 5.75 Å². The van der Waals surface area contributed by atoms with Gasteiger partial charge in [-0.2, -0.15) is 4.31 Å². The third kappa shape index (κ3) is 6.10. The highest BCUT2D eigenvalue weighted by Crippen LogP contribution is 2.32. The van der Waals surface area contributed by atoms with Crippen LogP contribution in [0.3, 0.4) is 0 Å². The second-order valence-electron chi connectivity index (χ2n) is 10.3. The summed E-state index contributed by atoms with van der Waals surface area (Å²) in [5, 5.41) is 13.5. The van der Waals surface area contributed by atoms with Crippen LogP contribution in [0, 0.1) is 19.8 Å². The number of nitrogens with zero attached hydrogens (tertiary/aromatic N) is 5. The molecule has 3 heterocycles. The predicted molar refractivity (Wildman–Crippen MR) is 147 cm³/mol. The number of amides is 1. The first-order chi connectivity index (χ1) is 19.1. The molecule has 4 rings (SSSR count). The smallest absolute Gasteiger partial charge is 0.267 e. The molecule has 1 aliphatic heterocycles. The van der Waals surface area contributed by atoms with Crippen LogP contribution in [0.1, 0.15) is 35.7 Å². The van der Waals surface area contributed by atoms with E-state index in [4.69, 9.17) is 9.26 Å². The van der Waals surface area contributed by atoms with Gasteiger partial charge in [0.05, 0.1) is 31.1 Å². The number of carbonyl (C=O) groups excluding carboxylic acids is 1. The molecule has 0 saturated heterocycles. The third-order valence-electron chi connectivity index (χ3n) is 6.95. The number of fused-ring (bicyclic) bond motifs is 1. The molecular weight excluding hydrogens is 576 g/mol. The van der Waals surface area contributed by atoms with Gasteiger partial charge in [-0.15, -0.1) is 0 Å². The zero-order chi connectivity index (χ0) is 30.3. The van der Waals surface area contributed by atoms with Crippen molar-refractivity contribution in [1.29, 1.82) is 0 Å². The number of rotatable bonds is 9. The van der Waals surface area contributed by atoms with Crippen molar-refractivity contribution in [2.45, 2.75) is 49.8 Å². The monoisotopic (exact) mass is 610 g/mol. The molecule has 2 N–H and O–H groups in total. The third-order valence-corrected chi connectivity index (χ3v) is 10.3. The van der Waals surface area contributed by atoms with E-state index < -0.39 is 38.1 Å². The number of aryl methyl sites for hydroxylation is 3. The second kappa shape index (κ2) is 11.4. The fraction of sp³-hybridized carbons (Fsp3) is 0.480. The molecule has 1 aliphatic rings. The number of imidazole rings is 1. The molecular formula is C25H34N6O8S2. The summed E-state index contributed by atoms with van der Waals surface area (Å²) in [5.41, 5.74) is 0.332. The minimum absolute atomic E-state index is 0.0522. The maximum absolute atomic E-state index is 13.7. The number of ether oxygens (including phenoxy) is 1. The number of likely N-dealkylation sites (N-methyl/N-ethyl adjacent to an activating group) is 1. The van der Waals surface area contributed by atoms with E-state index in [-0.39, 0.29) is 64.0 Å². The standard InChI is InChI=1S/C25H34N6O8S2/c1-15-10-31(16(2)13-32)25(33)20-9-19(28-40(34,35)24-17(3)27-39-18(24)4)7-8-21(20)38-22(15)11-30(6)41(36,37)23-12-29(5)14-26-23/h7-9,12,14-16,22,28,32H,10-11,13H2,1-6H3/t15-,16+,22-/m1/s1.